The molecule has 0 amide bonds. The molecule has 3 aromatic rings. The second kappa shape index (κ2) is 9.28. The molecule has 0 heterocycles. The lowest BCUT2D eigenvalue weighted by Crippen LogP contribution is -2.15. The number of rotatable bonds is 7. The maximum Gasteiger partial charge on any atom is 0.213 e. The first-order chi connectivity index (χ1) is 13.7. The normalized spacial score (nSPS) is 11.4. The van der Waals surface area contributed by atoms with Crippen molar-refractivity contribution in [1.82, 2.24) is 0 Å². The van der Waals surface area contributed by atoms with Crippen LogP contribution in [0.25, 0.3) is 0 Å². The van der Waals surface area contributed by atoms with Crippen LogP contribution in [0.15, 0.2) is 89.1 Å². The van der Waals surface area contributed by atoms with Crippen LogP contribution < -0.4 is 9.47 Å². The Kier molecular flexibility index (Phi) is 6.31. The second-order valence-corrected chi connectivity index (χ2v) is 5.86. The van der Waals surface area contributed by atoms with Gasteiger partial charge in [-0.15, -0.1) is 5.10 Å². The summed E-state index contributed by atoms with van der Waals surface area (Å²) in [4.78, 5) is 13.0. The first-order valence-electron chi connectivity index (χ1n) is 8.71. The third kappa shape index (κ3) is 4.51. The highest BCUT2D eigenvalue weighted by molar-refractivity contribution is 6.51. The van der Waals surface area contributed by atoms with Gasteiger partial charge in [-0.3, -0.25) is 4.79 Å². The van der Waals surface area contributed by atoms with E-state index in [0.29, 0.717) is 28.2 Å². The van der Waals surface area contributed by atoms with Gasteiger partial charge in [0.05, 0.1) is 20.4 Å². The van der Waals surface area contributed by atoms with E-state index in [2.05, 4.69) is 10.2 Å². The Morgan fingerprint density at radius 1 is 0.821 bits per heavy atom. The third-order valence-electron chi connectivity index (χ3n) is 4.09. The zero-order valence-electron chi connectivity index (χ0n) is 15.7. The van der Waals surface area contributed by atoms with Crippen molar-refractivity contribution in [3.05, 3.63) is 95.6 Å². The number of ketones is 1. The highest BCUT2D eigenvalue weighted by Gasteiger charge is 2.16. The Morgan fingerprint density at radius 3 is 2.07 bits per heavy atom. The van der Waals surface area contributed by atoms with Crippen LogP contribution in [-0.4, -0.2) is 31.9 Å². The molecule has 0 atom stereocenters. The minimum atomic E-state index is -0.193. The van der Waals surface area contributed by atoms with Gasteiger partial charge in [0.15, 0.2) is 0 Å². The zero-order valence-corrected chi connectivity index (χ0v) is 15.7. The minimum absolute atomic E-state index is 0.193. The van der Waals surface area contributed by atoms with Crippen molar-refractivity contribution in [2.45, 2.75) is 0 Å². The minimum Gasteiger partial charge on any atom is -0.497 e. The summed E-state index contributed by atoms with van der Waals surface area (Å²) >= 11 is 0. The summed E-state index contributed by atoms with van der Waals surface area (Å²) in [5, 5.41) is 8.39. The van der Waals surface area contributed by atoms with E-state index in [0.717, 1.165) is 0 Å². The average Bonchev–Trinajstić information content (AvgIpc) is 2.77. The monoisotopic (exact) mass is 372 g/mol. The van der Waals surface area contributed by atoms with Gasteiger partial charge < -0.3 is 9.47 Å². The van der Waals surface area contributed by atoms with Crippen LogP contribution >= 0.6 is 0 Å². The molecule has 0 fully saturated rings. The molecule has 0 unspecified atom stereocenters. The number of ether oxygens (including phenoxy) is 2. The molecule has 0 N–H and O–H groups in total. The predicted octanol–water partition coefficient (Wildman–Crippen LogP) is 4.41. The van der Waals surface area contributed by atoms with E-state index in [1.807, 2.05) is 48.5 Å². The van der Waals surface area contributed by atoms with Crippen LogP contribution in [0.1, 0.15) is 21.5 Å². The number of benzene rings is 3. The number of carbonyl (C=O) groups is 1. The summed E-state index contributed by atoms with van der Waals surface area (Å²) in [5.74, 6) is 1.12. The number of nitrogens with zero attached hydrogens (tertiary/aromatic N) is 2. The van der Waals surface area contributed by atoms with Crippen LogP contribution in [0.3, 0.4) is 0 Å². The number of methoxy groups -OCH3 is 2. The number of carbonyl (C=O) groups excluding carboxylic acids is 1. The fourth-order valence-corrected chi connectivity index (χ4v) is 2.65. The van der Waals surface area contributed by atoms with Gasteiger partial charge in [0.25, 0.3) is 0 Å². The largest absolute Gasteiger partial charge is 0.497 e. The van der Waals surface area contributed by atoms with Gasteiger partial charge in [0.2, 0.25) is 5.78 Å². The van der Waals surface area contributed by atoms with E-state index in [4.69, 9.17) is 9.47 Å². The van der Waals surface area contributed by atoms with Crippen molar-refractivity contribution in [3.8, 4) is 11.5 Å². The third-order valence-corrected chi connectivity index (χ3v) is 4.09. The van der Waals surface area contributed by atoms with Gasteiger partial charge in [0, 0.05) is 16.7 Å². The van der Waals surface area contributed by atoms with Gasteiger partial charge in [0.1, 0.15) is 17.2 Å². The molecule has 0 saturated heterocycles. The average molecular weight is 372 g/mol. The van der Waals surface area contributed by atoms with Crippen LogP contribution in [0.2, 0.25) is 0 Å². The molecule has 5 nitrogen and oxygen atoms in total. The van der Waals surface area contributed by atoms with Crippen LogP contribution in [-0.2, 0) is 0 Å². The lowest BCUT2D eigenvalue weighted by atomic mass is 10.0. The molecule has 0 aromatic heterocycles. The highest BCUT2D eigenvalue weighted by Crippen LogP contribution is 2.22. The zero-order chi connectivity index (χ0) is 19.8. The summed E-state index contributed by atoms with van der Waals surface area (Å²) in [7, 11) is 3.17. The number of hydrogen-bond donors (Lipinski definition) is 0. The Labute approximate surface area is 164 Å². The molecule has 0 spiro atoms. The quantitative estimate of drug-likeness (QED) is 0.351. The van der Waals surface area contributed by atoms with Crippen molar-refractivity contribution < 1.29 is 14.3 Å². The first kappa shape index (κ1) is 19.0. The molecule has 0 aliphatic carbocycles. The molecule has 140 valence electrons. The van der Waals surface area contributed by atoms with Crippen molar-refractivity contribution in [1.29, 1.82) is 0 Å². The lowest BCUT2D eigenvalue weighted by molar-refractivity contribution is 0.106. The first-order valence-corrected chi connectivity index (χ1v) is 8.71. The van der Waals surface area contributed by atoms with E-state index in [-0.39, 0.29) is 11.5 Å². The molecular formula is C23H20N2O3. The number of hydrogen-bond acceptors (Lipinski definition) is 5. The maximum absolute atomic E-state index is 13.0. The molecule has 5 heteroatoms. The molecule has 0 aliphatic rings. The topological polar surface area (TPSA) is 60.2 Å². The Balaban J connectivity index is 1.98. The molecular weight excluding hydrogens is 352 g/mol. The van der Waals surface area contributed by atoms with E-state index in [1.165, 1.54) is 0 Å². The van der Waals surface area contributed by atoms with E-state index in [1.54, 1.807) is 50.8 Å². The molecule has 0 radical (unpaired) electrons. The Morgan fingerprint density at radius 2 is 1.46 bits per heavy atom. The fourth-order valence-electron chi connectivity index (χ4n) is 2.65. The van der Waals surface area contributed by atoms with Crippen LogP contribution in [0.4, 0.5) is 0 Å². The van der Waals surface area contributed by atoms with Gasteiger partial charge in [-0.1, -0.05) is 60.7 Å². The lowest BCUT2D eigenvalue weighted by Gasteiger charge is -2.06. The van der Waals surface area contributed by atoms with Crippen molar-refractivity contribution in [3.63, 3.8) is 0 Å². The molecule has 3 rings (SSSR count). The van der Waals surface area contributed by atoms with E-state index < -0.39 is 0 Å². The summed E-state index contributed by atoms with van der Waals surface area (Å²) in [6, 6.07) is 23.7. The number of Topliss-reactive ketones (excluding diaryl/α,β-unsaturated/α-hetero) is 1. The van der Waals surface area contributed by atoms with E-state index in [9.17, 15) is 4.79 Å². The second-order valence-electron chi connectivity index (χ2n) is 5.86. The predicted molar refractivity (Wildman–Crippen MR) is 111 cm³/mol. The SMILES string of the molecule is COc1ccc(OC)c(/C=N/N=C(\C(=O)c2ccccc2)c2ccccc2)c1. The maximum atomic E-state index is 13.0. The van der Waals surface area contributed by atoms with Gasteiger partial charge in [-0.05, 0) is 18.2 Å². The molecule has 0 aliphatic heterocycles. The van der Waals surface area contributed by atoms with Gasteiger partial charge >= 0.3 is 0 Å². The highest BCUT2D eigenvalue weighted by atomic mass is 16.5. The molecule has 0 bridgehead atoms. The summed E-state index contributed by atoms with van der Waals surface area (Å²) in [6.07, 6.45) is 1.54. The van der Waals surface area contributed by atoms with Crippen LogP contribution in [0, 0.1) is 0 Å². The molecule has 0 saturated carbocycles. The van der Waals surface area contributed by atoms with Gasteiger partial charge in [-0.2, -0.15) is 5.10 Å². The Hall–Kier alpha value is -3.73. The molecule has 28 heavy (non-hydrogen) atoms. The standard InChI is InChI=1S/C23H20N2O3/c1-27-20-13-14-21(28-2)19(15-20)16-24-25-22(17-9-5-3-6-10-17)23(26)18-11-7-4-8-12-18/h3-16H,1-2H3/b24-16+,25-22-. The smallest absolute Gasteiger partial charge is 0.213 e. The summed E-state index contributed by atoms with van der Waals surface area (Å²) < 4.78 is 10.6. The van der Waals surface area contributed by atoms with E-state index >= 15 is 0 Å². The van der Waals surface area contributed by atoms with Crippen molar-refractivity contribution in [2.24, 2.45) is 10.2 Å². The van der Waals surface area contributed by atoms with Gasteiger partial charge in [-0.25, -0.2) is 0 Å². The van der Waals surface area contributed by atoms with Crippen LogP contribution in [0.5, 0.6) is 11.5 Å². The van der Waals surface area contributed by atoms with Crippen molar-refractivity contribution >= 4 is 17.7 Å². The Bertz CT molecular complexity index is 997. The molecule has 3 aromatic carbocycles. The fraction of sp³-hybridized carbons (Fsp3) is 0.0870. The summed E-state index contributed by atoms with van der Waals surface area (Å²) in [6.45, 7) is 0. The van der Waals surface area contributed by atoms with Crippen molar-refractivity contribution in [2.75, 3.05) is 14.2 Å². The summed E-state index contributed by atoms with van der Waals surface area (Å²) in [5.41, 5.74) is 2.22.